The molecule has 0 bridgehead atoms. The van der Waals surface area contributed by atoms with E-state index >= 15 is 0 Å². The topological polar surface area (TPSA) is 59.2 Å². The second-order valence-electron chi connectivity index (χ2n) is 6.54. The number of hydrogen-bond donors (Lipinski definition) is 1. The van der Waals surface area contributed by atoms with Crippen molar-refractivity contribution in [2.45, 2.75) is 45.1 Å². The van der Waals surface area contributed by atoms with Gasteiger partial charge >= 0.3 is 0 Å². The monoisotopic (exact) mass is 309 g/mol. The Balaban J connectivity index is 1.95. The first-order valence-electron chi connectivity index (χ1n) is 7.80. The van der Waals surface area contributed by atoms with Gasteiger partial charge in [0.05, 0.1) is 0 Å². The summed E-state index contributed by atoms with van der Waals surface area (Å²) in [7, 11) is 0. The number of primary amides is 1. The fourth-order valence-electron chi connectivity index (χ4n) is 3.54. The summed E-state index contributed by atoms with van der Waals surface area (Å²) >= 11 is 0. The summed E-state index contributed by atoms with van der Waals surface area (Å²) in [5.74, 6) is -3.09. The summed E-state index contributed by atoms with van der Waals surface area (Å²) in [5.41, 5.74) is 6.35. The molecule has 6 heteroatoms. The van der Waals surface area contributed by atoms with E-state index in [1.165, 1.54) is 6.42 Å². The molecule has 1 fully saturated rings. The van der Waals surface area contributed by atoms with Crippen LogP contribution in [0.4, 0.5) is 8.78 Å². The van der Waals surface area contributed by atoms with Crippen LogP contribution in [0.25, 0.3) is 0 Å². The molecule has 2 N–H and O–H groups in total. The maximum absolute atomic E-state index is 14.0. The number of aromatic nitrogens is 1. The van der Waals surface area contributed by atoms with Gasteiger partial charge in [-0.15, -0.1) is 0 Å². The molecule has 0 unspecified atom stereocenters. The Labute approximate surface area is 128 Å². The van der Waals surface area contributed by atoms with Gasteiger partial charge in [-0.3, -0.25) is 9.69 Å². The van der Waals surface area contributed by atoms with Crippen LogP contribution in [0, 0.1) is 5.92 Å². The number of nitrogens with zero attached hydrogens (tertiary/aromatic N) is 2. The molecule has 0 aromatic carbocycles. The lowest BCUT2D eigenvalue weighted by molar-refractivity contribution is -0.00603. The van der Waals surface area contributed by atoms with Gasteiger partial charge in [0.15, 0.2) is 0 Å². The zero-order valence-corrected chi connectivity index (χ0v) is 12.7. The summed E-state index contributed by atoms with van der Waals surface area (Å²) in [6.45, 7) is 4.71. The lowest BCUT2D eigenvalue weighted by atomic mass is 9.98. The quantitative estimate of drug-likeness (QED) is 0.933. The van der Waals surface area contributed by atoms with Gasteiger partial charge in [-0.2, -0.15) is 8.78 Å². The van der Waals surface area contributed by atoms with E-state index in [0.717, 1.165) is 25.1 Å². The molecule has 2 aliphatic rings. The highest BCUT2D eigenvalue weighted by Gasteiger charge is 2.42. The van der Waals surface area contributed by atoms with Crippen molar-refractivity contribution in [3.8, 4) is 0 Å². The zero-order chi connectivity index (χ0) is 15.9. The van der Waals surface area contributed by atoms with Gasteiger partial charge < -0.3 is 5.73 Å². The Bertz CT molecular complexity index is 603. The van der Waals surface area contributed by atoms with E-state index in [4.69, 9.17) is 5.73 Å². The van der Waals surface area contributed by atoms with Crippen LogP contribution in [0.15, 0.2) is 6.07 Å². The molecule has 1 aromatic rings. The summed E-state index contributed by atoms with van der Waals surface area (Å²) in [5, 5.41) is 0. The molecule has 1 saturated heterocycles. The molecule has 0 radical (unpaired) electrons. The highest BCUT2D eigenvalue weighted by Crippen LogP contribution is 2.42. The third-order valence-electron chi connectivity index (χ3n) is 4.64. The second-order valence-corrected chi connectivity index (χ2v) is 6.54. The number of piperidine rings is 1. The highest BCUT2D eigenvalue weighted by molar-refractivity contribution is 5.91. The van der Waals surface area contributed by atoms with Crippen molar-refractivity contribution < 1.29 is 13.6 Å². The second kappa shape index (κ2) is 5.57. The Kier molecular flexibility index (Phi) is 3.89. The number of rotatable bonds is 3. The maximum Gasteiger partial charge on any atom is 0.290 e. The minimum atomic E-state index is -2.95. The Morgan fingerprint density at radius 1 is 1.55 bits per heavy atom. The molecule has 1 amide bonds. The smallest absolute Gasteiger partial charge is 0.290 e. The fraction of sp³-hybridized carbons (Fsp3) is 0.625. The third kappa shape index (κ3) is 2.84. The fourth-order valence-corrected chi connectivity index (χ4v) is 3.54. The van der Waals surface area contributed by atoms with Crippen molar-refractivity contribution in [2.75, 3.05) is 13.1 Å². The average Bonchev–Trinajstić information content (AvgIpc) is 2.75. The molecule has 1 aliphatic carbocycles. The largest absolute Gasteiger partial charge is 0.364 e. The third-order valence-corrected chi connectivity index (χ3v) is 4.64. The van der Waals surface area contributed by atoms with E-state index < -0.39 is 11.8 Å². The Hall–Kier alpha value is -1.56. The molecule has 120 valence electrons. The number of fused-ring (bicyclic) bond motifs is 1. The van der Waals surface area contributed by atoms with Crippen molar-refractivity contribution in [2.24, 2.45) is 11.7 Å². The summed E-state index contributed by atoms with van der Waals surface area (Å²) in [4.78, 5) is 17.5. The first-order chi connectivity index (χ1) is 10.4. The van der Waals surface area contributed by atoms with Gasteiger partial charge in [0.2, 0.25) is 0 Å². The van der Waals surface area contributed by atoms with Crippen LogP contribution < -0.4 is 5.73 Å². The number of likely N-dealkylation sites (tertiary alicyclic amines) is 1. The molecule has 1 atom stereocenters. The number of nitrogens with two attached hydrogens (primary N) is 1. The van der Waals surface area contributed by atoms with E-state index in [2.05, 4.69) is 16.8 Å². The van der Waals surface area contributed by atoms with Crippen LogP contribution in [-0.2, 0) is 18.9 Å². The van der Waals surface area contributed by atoms with Crippen LogP contribution in [-0.4, -0.2) is 28.9 Å². The number of alkyl halides is 2. The first kappa shape index (κ1) is 15.3. The molecule has 4 nitrogen and oxygen atoms in total. The van der Waals surface area contributed by atoms with Crippen molar-refractivity contribution in [1.29, 1.82) is 0 Å². The number of carbonyl (C=O) groups excluding carboxylic acids is 1. The van der Waals surface area contributed by atoms with Crippen molar-refractivity contribution in [3.63, 3.8) is 0 Å². The molecule has 1 aliphatic heterocycles. The van der Waals surface area contributed by atoms with E-state index in [-0.39, 0.29) is 17.8 Å². The van der Waals surface area contributed by atoms with Gasteiger partial charge in [0, 0.05) is 19.5 Å². The van der Waals surface area contributed by atoms with Gasteiger partial charge in [-0.25, -0.2) is 4.98 Å². The molecule has 1 aromatic heterocycles. The van der Waals surface area contributed by atoms with Crippen LogP contribution in [0.1, 0.15) is 53.5 Å². The maximum atomic E-state index is 14.0. The van der Waals surface area contributed by atoms with E-state index in [1.807, 2.05) is 0 Å². The molecule has 0 spiro atoms. The normalized spacial score (nSPS) is 24.2. The van der Waals surface area contributed by atoms with E-state index in [0.29, 0.717) is 24.4 Å². The van der Waals surface area contributed by atoms with E-state index in [1.54, 1.807) is 6.07 Å². The standard InChI is InChI=1S/C16H21F2N3O/c1-10-3-2-6-21(8-10)9-11-7-13(15(19)22)20-14-12(11)4-5-16(14,17)18/h7,10H,2-6,8-9H2,1H3,(H2,19,22)/t10-/m1/s1. The number of amides is 1. The Morgan fingerprint density at radius 2 is 2.32 bits per heavy atom. The first-order valence-corrected chi connectivity index (χ1v) is 7.80. The zero-order valence-electron chi connectivity index (χ0n) is 12.7. The number of carbonyl (C=O) groups is 1. The van der Waals surface area contributed by atoms with Crippen LogP contribution in [0.2, 0.25) is 0 Å². The van der Waals surface area contributed by atoms with Crippen molar-refractivity contribution in [3.05, 3.63) is 28.6 Å². The lowest BCUT2D eigenvalue weighted by Crippen LogP contribution is -2.34. The number of pyridine rings is 1. The predicted molar refractivity (Wildman–Crippen MR) is 78.6 cm³/mol. The Morgan fingerprint density at radius 3 is 3.00 bits per heavy atom. The molecular weight excluding hydrogens is 288 g/mol. The van der Waals surface area contributed by atoms with Crippen molar-refractivity contribution >= 4 is 5.91 Å². The van der Waals surface area contributed by atoms with Crippen LogP contribution >= 0.6 is 0 Å². The summed E-state index contributed by atoms with van der Waals surface area (Å²) in [6, 6.07) is 1.60. The minimum Gasteiger partial charge on any atom is -0.364 e. The summed E-state index contributed by atoms with van der Waals surface area (Å²) in [6.07, 6.45) is 2.40. The highest BCUT2D eigenvalue weighted by atomic mass is 19.3. The van der Waals surface area contributed by atoms with Crippen molar-refractivity contribution in [1.82, 2.24) is 9.88 Å². The number of halogens is 2. The van der Waals surface area contributed by atoms with Gasteiger partial charge in [0.25, 0.3) is 11.8 Å². The molecule has 3 rings (SSSR count). The molecule has 0 saturated carbocycles. The van der Waals surface area contributed by atoms with Crippen LogP contribution in [0.5, 0.6) is 0 Å². The van der Waals surface area contributed by atoms with Crippen LogP contribution in [0.3, 0.4) is 0 Å². The number of hydrogen-bond acceptors (Lipinski definition) is 3. The summed E-state index contributed by atoms with van der Waals surface area (Å²) < 4.78 is 27.9. The van der Waals surface area contributed by atoms with Gasteiger partial charge in [-0.1, -0.05) is 6.92 Å². The molecular formula is C16H21F2N3O. The minimum absolute atomic E-state index is 0.0552. The predicted octanol–water partition coefficient (Wildman–Crippen LogP) is 2.45. The van der Waals surface area contributed by atoms with Gasteiger partial charge in [0.1, 0.15) is 11.4 Å². The SMILES string of the molecule is C[C@@H]1CCCN(Cc2cc(C(N)=O)nc3c2CCC3(F)F)C1. The molecule has 22 heavy (non-hydrogen) atoms. The molecule has 2 heterocycles. The average molecular weight is 309 g/mol. The van der Waals surface area contributed by atoms with Gasteiger partial charge in [-0.05, 0) is 48.9 Å². The van der Waals surface area contributed by atoms with E-state index in [9.17, 15) is 13.6 Å². The lowest BCUT2D eigenvalue weighted by Gasteiger charge is -2.31.